The molecule has 1 aromatic heterocycles. The van der Waals surface area contributed by atoms with Gasteiger partial charge in [-0.05, 0) is 23.1 Å². The summed E-state index contributed by atoms with van der Waals surface area (Å²) in [4.78, 5) is 18.5. The molecule has 3 rings (SSSR count). The lowest BCUT2D eigenvalue weighted by Crippen LogP contribution is -2.41. The Kier molecular flexibility index (Phi) is 6.95. The molecule has 0 aliphatic heterocycles. The first-order valence-electron chi connectivity index (χ1n) is 9.33. The van der Waals surface area contributed by atoms with Gasteiger partial charge in [-0.25, -0.2) is 14.5 Å². The number of hydrogen-bond donors (Lipinski definition) is 1. The molecule has 144 valence electrons. The molecule has 0 aliphatic carbocycles. The third-order valence-corrected chi connectivity index (χ3v) is 4.50. The van der Waals surface area contributed by atoms with Crippen molar-refractivity contribution in [3.8, 4) is 0 Å². The van der Waals surface area contributed by atoms with Gasteiger partial charge in [-0.3, -0.25) is 0 Å². The number of carbonyl (C=O) groups excluding carboxylic acids is 1. The molecule has 0 aliphatic rings. The van der Waals surface area contributed by atoms with Crippen LogP contribution in [0.25, 0.3) is 0 Å². The highest BCUT2D eigenvalue weighted by molar-refractivity contribution is 5.74. The second-order valence-electron chi connectivity index (χ2n) is 6.49. The molecule has 0 bridgehead atoms. The van der Waals surface area contributed by atoms with Crippen molar-refractivity contribution in [3.05, 3.63) is 96.6 Å². The predicted octanol–water partition coefficient (Wildman–Crippen LogP) is 3.27. The van der Waals surface area contributed by atoms with Gasteiger partial charge in [0, 0.05) is 19.6 Å². The average molecular weight is 375 g/mol. The van der Waals surface area contributed by atoms with Gasteiger partial charge >= 0.3 is 6.03 Å². The van der Waals surface area contributed by atoms with Crippen LogP contribution in [0, 0.1) is 0 Å². The van der Waals surface area contributed by atoms with Gasteiger partial charge in [0.25, 0.3) is 0 Å². The summed E-state index contributed by atoms with van der Waals surface area (Å²) in [5.74, 6) is 0. The fraction of sp³-hybridized carbons (Fsp3) is 0.227. The average Bonchev–Trinajstić information content (AvgIpc) is 3.24. The minimum atomic E-state index is -0.0913. The molecule has 2 aromatic carbocycles. The van der Waals surface area contributed by atoms with E-state index in [1.54, 1.807) is 22.0 Å². The number of benzene rings is 2. The molecule has 0 atom stereocenters. The van der Waals surface area contributed by atoms with Crippen LogP contribution in [0.5, 0.6) is 0 Å². The van der Waals surface area contributed by atoms with E-state index in [0.717, 1.165) is 17.5 Å². The largest absolute Gasteiger partial charge is 0.334 e. The quantitative estimate of drug-likeness (QED) is 0.584. The summed E-state index contributed by atoms with van der Waals surface area (Å²) >= 11 is 0. The Morgan fingerprint density at radius 2 is 1.86 bits per heavy atom. The van der Waals surface area contributed by atoms with Crippen molar-refractivity contribution >= 4 is 6.03 Å². The summed E-state index contributed by atoms with van der Waals surface area (Å²) in [6.45, 7) is 6.01. The van der Waals surface area contributed by atoms with Gasteiger partial charge in [-0.2, -0.15) is 5.10 Å². The van der Waals surface area contributed by atoms with E-state index in [9.17, 15) is 4.79 Å². The lowest BCUT2D eigenvalue weighted by atomic mass is 10.1. The Bertz CT molecular complexity index is 877. The minimum Gasteiger partial charge on any atom is -0.334 e. The van der Waals surface area contributed by atoms with E-state index < -0.39 is 0 Å². The molecular formula is C22H25N5O. The van der Waals surface area contributed by atoms with E-state index in [4.69, 9.17) is 0 Å². The van der Waals surface area contributed by atoms with Crippen LogP contribution in [0.2, 0.25) is 0 Å². The lowest BCUT2D eigenvalue weighted by Gasteiger charge is -2.22. The predicted molar refractivity (Wildman–Crippen MR) is 110 cm³/mol. The fourth-order valence-electron chi connectivity index (χ4n) is 3.00. The number of rotatable bonds is 9. The fourth-order valence-corrected chi connectivity index (χ4v) is 3.00. The highest BCUT2D eigenvalue weighted by Gasteiger charge is 2.12. The van der Waals surface area contributed by atoms with Gasteiger partial charge in [-0.1, -0.05) is 60.7 Å². The molecule has 0 saturated heterocycles. The van der Waals surface area contributed by atoms with Crippen LogP contribution in [0.15, 0.2) is 79.9 Å². The molecule has 0 saturated carbocycles. The molecule has 0 fully saturated rings. The molecule has 0 unspecified atom stereocenters. The van der Waals surface area contributed by atoms with Crippen molar-refractivity contribution in [1.82, 2.24) is 25.0 Å². The number of urea groups is 1. The van der Waals surface area contributed by atoms with E-state index in [0.29, 0.717) is 26.2 Å². The Morgan fingerprint density at radius 1 is 1.11 bits per heavy atom. The summed E-state index contributed by atoms with van der Waals surface area (Å²) in [6, 6.07) is 18.1. The third kappa shape index (κ3) is 5.54. The maximum absolute atomic E-state index is 12.7. The zero-order valence-electron chi connectivity index (χ0n) is 15.9. The van der Waals surface area contributed by atoms with Crippen LogP contribution in [-0.2, 0) is 19.5 Å². The standard InChI is InChI=1S/C22H25N5O/c1-2-13-26(14-12-19-8-4-3-5-9-19)22(28)24-15-20-10-6-7-11-21(20)16-27-18-23-17-25-27/h2-11,17-18H,1,12-16H2,(H,24,28). The Balaban J connectivity index is 1.59. The highest BCUT2D eigenvalue weighted by atomic mass is 16.2. The monoisotopic (exact) mass is 375 g/mol. The number of hydrogen-bond acceptors (Lipinski definition) is 3. The van der Waals surface area contributed by atoms with Crippen molar-refractivity contribution < 1.29 is 4.79 Å². The number of nitrogens with zero attached hydrogens (tertiary/aromatic N) is 4. The van der Waals surface area contributed by atoms with Crippen LogP contribution in [0.1, 0.15) is 16.7 Å². The topological polar surface area (TPSA) is 63.1 Å². The zero-order chi connectivity index (χ0) is 19.6. The van der Waals surface area contributed by atoms with Crippen LogP contribution in [0.3, 0.4) is 0 Å². The van der Waals surface area contributed by atoms with Crippen molar-refractivity contribution in [2.24, 2.45) is 0 Å². The van der Waals surface area contributed by atoms with E-state index >= 15 is 0 Å². The van der Waals surface area contributed by atoms with Crippen LogP contribution < -0.4 is 5.32 Å². The molecule has 28 heavy (non-hydrogen) atoms. The second-order valence-corrected chi connectivity index (χ2v) is 6.49. The van der Waals surface area contributed by atoms with Gasteiger partial charge in [0.1, 0.15) is 12.7 Å². The third-order valence-electron chi connectivity index (χ3n) is 4.50. The van der Waals surface area contributed by atoms with Crippen molar-refractivity contribution in [2.75, 3.05) is 13.1 Å². The normalized spacial score (nSPS) is 10.4. The first-order valence-corrected chi connectivity index (χ1v) is 9.33. The highest BCUT2D eigenvalue weighted by Crippen LogP contribution is 2.10. The van der Waals surface area contributed by atoms with Crippen LogP contribution >= 0.6 is 0 Å². The van der Waals surface area contributed by atoms with Crippen LogP contribution in [-0.4, -0.2) is 38.8 Å². The number of carbonyl (C=O) groups is 1. The molecule has 6 nitrogen and oxygen atoms in total. The zero-order valence-corrected chi connectivity index (χ0v) is 15.9. The van der Waals surface area contributed by atoms with Crippen molar-refractivity contribution in [3.63, 3.8) is 0 Å². The summed E-state index contributed by atoms with van der Waals surface area (Å²) in [6.07, 6.45) is 5.77. The molecule has 2 amide bonds. The molecule has 0 spiro atoms. The molecule has 6 heteroatoms. The van der Waals surface area contributed by atoms with Gasteiger partial charge in [-0.15, -0.1) is 6.58 Å². The Morgan fingerprint density at radius 3 is 2.57 bits per heavy atom. The Hall–Kier alpha value is -3.41. The van der Waals surface area contributed by atoms with Crippen molar-refractivity contribution in [1.29, 1.82) is 0 Å². The van der Waals surface area contributed by atoms with Crippen molar-refractivity contribution in [2.45, 2.75) is 19.5 Å². The number of amides is 2. The van der Waals surface area contributed by atoms with E-state index in [-0.39, 0.29) is 6.03 Å². The smallest absolute Gasteiger partial charge is 0.317 e. The minimum absolute atomic E-state index is 0.0913. The first-order chi connectivity index (χ1) is 13.8. The molecule has 3 aromatic rings. The van der Waals surface area contributed by atoms with Crippen LogP contribution in [0.4, 0.5) is 4.79 Å². The van der Waals surface area contributed by atoms with Gasteiger partial charge in [0.05, 0.1) is 6.54 Å². The summed E-state index contributed by atoms with van der Waals surface area (Å²) in [5.41, 5.74) is 3.38. The summed E-state index contributed by atoms with van der Waals surface area (Å²) in [7, 11) is 0. The second kappa shape index (κ2) is 10.1. The van der Waals surface area contributed by atoms with E-state index in [1.807, 2.05) is 42.5 Å². The van der Waals surface area contributed by atoms with Gasteiger partial charge in [0.15, 0.2) is 0 Å². The molecule has 1 heterocycles. The van der Waals surface area contributed by atoms with Gasteiger partial charge in [0.2, 0.25) is 0 Å². The SMILES string of the molecule is C=CCN(CCc1ccccc1)C(=O)NCc1ccccc1Cn1cncn1. The van der Waals surface area contributed by atoms with E-state index in [1.165, 1.54) is 11.9 Å². The number of nitrogens with one attached hydrogen (secondary N) is 1. The maximum Gasteiger partial charge on any atom is 0.317 e. The van der Waals surface area contributed by atoms with Gasteiger partial charge < -0.3 is 10.2 Å². The molecule has 1 N–H and O–H groups in total. The molecular weight excluding hydrogens is 350 g/mol. The summed E-state index contributed by atoms with van der Waals surface area (Å²) < 4.78 is 1.77. The summed E-state index contributed by atoms with van der Waals surface area (Å²) in [5, 5.41) is 7.19. The molecule has 0 radical (unpaired) electrons. The number of aromatic nitrogens is 3. The maximum atomic E-state index is 12.7. The lowest BCUT2D eigenvalue weighted by molar-refractivity contribution is 0.203. The Labute approximate surface area is 165 Å². The first kappa shape index (κ1) is 19.4. The van der Waals surface area contributed by atoms with E-state index in [2.05, 4.69) is 34.1 Å².